The summed E-state index contributed by atoms with van der Waals surface area (Å²) >= 11 is 0. The molecule has 0 bridgehead atoms. The number of pyridine rings is 1. The predicted molar refractivity (Wildman–Crippen MR) is 135 cm³/mol. The maximum absolute atomic E-state index is 13.2. The molecule has 1 heterocycles. The first-order valence-corrected chi connectivity index (χ1v) is 11.2. The van der Waals surface area contributed by atoms with E-state index in [0.717, 1.165) is 22.3 Å². The van der Waals surface area contributed by atoms with Crippen LogP contribution in [0, 0.1) is 0 Å². The van der Waals surface area contributed by atoms with Crippen molar-refractivity contribution < 1.29 is 0 Å². The number of aromatic nitrogens is 1. The van der Waals surface area contributed by atoms with E-state index in [4.69, 9.17) is 0 Å². The second kappa shape index (κ2) is 9.54. The minimum Gasteiger partial charge on any atom is -0.329 e. The van der Waals surface area contributed by atoms with Crippen molar-refractivity contribution in [2.75, 3.05) is 0 Å². The molecule has 2 nitrogen and oxygen atoms in total. The van der Waals surface area contributed by atoms with Crippen LogP contribution >= 0.6 is 0 Å². The van der Waals surface area contributed by atoms with Gasteiger partial charge in [-0.25, -0.2) is 0 Å². The van der Waals surface area contributed by atoms with Crippen molar-refractivity contribution in [1.82, 2.24) is 4.98 Å². The summed E-state index contributed by atoms with van der Waals surface area (Å²) in [5, 5.41) is 0. The number of nitrogens with one attached hydrogen (secondary N) is 1. The highest BCUT2D eigenvalue weighted by Gasteiger charge is 2.23. The molecule has 4 aromatic carbocycles. The summed E-state index contributed by atoms with van der Waals surface area (Å²) < 4.78 is 0. The molecule has 5 aromatic rings. The van der Waals surface area contributed by atoms with Gasteiger partial charge >= 0.3 is 0 Å². The molecule has 0 amide bonds. The zero-order valence-corrected chi connectivity index (χ0v) is 18.3. The van der Waals surface area contributed by atoms with E-state index in [-0.39, 0.29) is 17.4 Å². The summed E-state index contributed by atoms with van der Waals surface area (Å²) in [6, 6.07) is 43.5. The lowest BCUT2D eigenvalue weighted by Gasteiger charge is -2.22. The highest BCUT2D eigenvalue weighted by Crippen LogP contribution is 2.35. The fraction of sp³-hybridized carbons (Fsp3) is 0.0645. The van der Waals surface area contributed by atoms with Gasteiger partial charge in [0.2, 0.25) is 0 Å². The Kier molecular flexibility index (Phi) is 5.99. The molecule has 0 aliphatic rings. The summed E-state index contributed by atoms with van der Waals surface area (Å²) in [4.78, 5) is 16.3. The molecular formula is C31H25NO. The minimum atomic E-state index is -0.150. The van der Waals surface area contributed by atoms with E-state index in [2.05, 4.69) is 83.8 Å². The molecule has 0 spiro atoms. The van der Waals surface area contributed by atoms with E-state index in [1.807, 2.05) is 54.7 Å². The first kappa shape index (κ1) is 20.7. The van der Waals surface area contributed by atoms with Gasteiger partial charge in [0.25, 0.3) is 5.56 Å². The van der Waals surface area contributed by atoms with Crippen molar-refractivity contribution in [2.45, 2.75) is 11.8 Å². The van der Waals surface area contributed by atoms with Gasteiger partial charge in [0.1, 0.15) is 0 Å². The maximum Gasteiger partial charge on any atom is 0.252 e. The zero-order valence-electron chi connectivity index (χ0n) is 18.3. The largest absolute Gasteiger partial charge is 0.329 e. The molecule has 1 aromatic heterocycles. The number of aromatic amines is 1. The summed E-state index contributed by atoms with van der Waals surface area (Å²) in [5.74, 6) is -0.126. The van der Waals surface area contributed by atoms with Crippen LogP contribution in [-0.2, 0) is 0 Å². The molecule has 0 aliphatic carbocycles. The summed E-state index contributed by atoms with van der Waals surface area (Å²) in [6.45, 7) is 0. The van der Waals surface area contributed by atoms with Crippen LogP contribution in [0.5, 0.6) is 0 Å². The highest BCUT2D eigenvalue weighted by molar-refractivity contribution is 5.47. The number of H-pyrrole nitrogens is 1. The Bertz CT molecular complexity index is 1280. The fourth-order valence-corrected chi connectivity index (χ4v) is 4.61. The second-order valence-electron chi connectivity index (χ2n) is 8.23. The van der Waals surface area contributed by atoms with Crippen molar-refractivity contribution in [3.63, 3.8) is 0 Å². The smallest absolute Gasteiger partial charge is 0.252 e. The summed E-state index contributed by atoms with van der Waals surface area (Å²) in [5.41, 5.74) is 6.34. The third kappa shape index (κ3) is 4.42. The molecule has 0 saturated heterocycles. The Labute approximate surface area is 194 Å². The van der Waals surface area contributed by atoms with Crippen LogP contribution in [0.1, 0.15) is 45.2 Å². The van der Waals surface area contributed by atoms with Gasteiger partial charge in [-0.1, -0.05) is 121 Å². The molecular weight excluding hydrogens is 402 g/mol. The first-order chi connectivity index (χ1) is 16.3. The molecule has 2 heteroatoms. The number of hydrogen-bond donors (Lipinski definition) is 1. The Morgan fingerprint density at radius 2 is 0.818 bits per heavy atom. The Hall–Kier alpha value is -4.17. The van der Waals surface area contributed by atoms with Crippen molar-refractivity contribution in [3.05, 3.63) is 177 Å². The van der Waals surface area contributed by atoms with E-state index in [0.29, 0.717) is 0 Å². The molecule has 0 fully saturated rings. The lowest BCUT2D eigenvalue weighted by molar-refractivity contribution is 0.902. The standard InChI is InChI=1S/C31H25NO/c33-31-28(30(25-17-9-3-10-18-25)26-19-11-4-12-20-26)21-27(22-32-31)29(23-13-5-1-6-14-23)24-15-7-2-8-16-24/h1-22,29-30H,(H,32,33). The maximum atomic E-state index is 13.2. The van der Waals surface area contributed by atoms with Gasteiger partial charge in [0.05, 0.1) is 0 Å². The highest BCUT2D eigenvalue weighted by atomic mass is 16.1. The van der Waals surface area contributed by atoms with Crippen molar-refractivity contribution >= 4 is 0 Å². The molecule has 0 unspecified atom stereocenters. The van der Waals surface area contributed by atoms with E-state index in [9.17, 15) is 4.79 Å². The van der Waals surface area contributed by atoms with Crippen LogP contribution in [0.4, 0.5) is 0 Å². The van der Waals surface area contributed by atoms with Crippen LogP contribution < -0.4 is 5.56 Å². The lowest BCUT2D eigenvalue weighted by atomic mass is 9.82. The molecule has 0 radical (unpaired) electrons. The van der Waals surface area contributed by atoms with E-state index < -0.39 is 0 Å². The third-order valence-electron chi connectivity index (χ3n) is 6.13. The van der Waals surface area contributed by atoms with Crippen LogP contribution in [0.2, 0.25) is 0 Å². The van der Waals surface area contributed by atoms with Crippen LogP contribution in [0.15, 0.2) is 138 Å². The molecule has 0 saturated carbocycles. The number of hydrogen-bond acceptors (Lipinski definition) is 1. The van der Waals surface area contributed by atoms with E-state index in [1.54, 1.807) is 0 Å². The Morgan fingerprint density at radius 3 is 1.21 bits per heavy atom. The first-order valence-electron chi connectivity index (χ1n) is 11.2. The fourth-order valence-electron chi connectivity index (χ4n) is 4.61. The summed E-state index contributed by atoms with van der Waals surface area (Å²) in [6.07, 6.45) is 1.86. The van der Waals surface area contributed by atoms with Crippen LogP contribution in [0.3, 0.4) is 0 Å². The molecule has 0 aliphatic heterocycles. The average molecular weight is 428 g/mol. The molecule has 1 N–H and O–H groups in total. The Morgan fingerprint density at radius 1 is 0.455 bits per heavy atom. The van der Waals surface area contributed by atoms with Gasteiger partial charge in [0, 0.05) is 23.6 Å². The Balaban J connectivity index is 1.70. The predicted octanol–water partition coefficient (Wildman–Crippen LogP) is 6.74. The van der Waals surface area contributed by atoms with Gasteiger partial charge in [-0.2, -0.15) is 0 Å². The van der Waals surface area contributed by atoms with Crippen LogP contribution in [-0.4, -0.2) is 4.98 Å². The third-order valence-corrected chi connectivity index (χ3v) is 6.13. The monoisotopic (exact) mass is 427 g/mol. The SMILES string of the molecule is O=c1[nH]cc(C(c2ccccc2)c2ccccc2)cc1C(c1ccccc1)c1ccccc1. The number of rotatable bonds is 6. The molecule has 5 rings (SSSR count). The molecule has 0 atom stereocenters. The number of benzene rings is 4. The van der Waals surface area contributed by atoms with E-state index >= 15 is 0 Å². The average Bonchev–Trinajstić information content (AvgIpc) is 2.89. The molecule has 33 heavy (non-hydrogen) atoms. The van der Waals surface area contributed by atoms with Crippen LogP contribution in [0.25, 0.3) is 0 Å². The van der Waals surface area contributed by atoms with Crippen molar-refractivity contribution in [3.8, 4) is 0 Å². The second-order valence-corrected chi connectivity index (χ2v) is 8.23. The lowest BCUT2D eigenvalue weighted by Crippen LogP contribution is -2.19. The van der Waals surface area contributed by atoms with Gasteiger partial charge in [0.15, 0.2) is 0 Å². The topological polar surface area (TPSA) is 32.9 Å². The van der Waals surface area contributed by atoms with Crippen molar-refractivity contribution in [2.24, 2.45) is 0 Å². The molecule has 160 valence electrons. The normalized spacial score (nSPS) is 11.1. The quantitative estimate of drug-likeness (QED) is 0.320. The summed E-state index contributed by atoms with van der Waals surface area (Å²) in [7, 11) is 0. The van der Waals surface area contributed by atoms with Gasteiger partial charge in [-0.3, -0.25) is 4.79 Å². The van der Waals surface area contributed by atoms with Gasteiger partial charge in [-0.05, 0) is 33.9 Å². The van der Waals surface area contributed by atoms with E-state index in [1.165, 1.54) is 11.1 Å². The minimum absolute atomic E-state index is 0.0233. The zero-order chi connectivity index (χ0) is 22.5. The van der Waals surface area contributed by atoms with Gasteiger partial charge in [-0.15, -0.1) is 0 Å². The van der Waals surface area contributed by atoms with Crippen molar-refractivity contribution in [1.29, 1.82) is 0 Å². The van der Waals surface area contributed by atoms with Gasteiger partial charge < -0.3 is 4.98 Å².